The molecule has 1 N–H and O–H groups in total. The fraction of sp³-hybridized carbons (Fsp3) is 0.200. The zero-order chi connectivity index (χ0) is 17.8. The predicted molar refractivity (Wildman–Crippen MR) is 94.4 cm³/mol. The SMILES string of the molecule is COc1cc(/C=C2/CN(CCc3ccccc3)C(=O)C2=O)ccc1O. The molecule has 0 atom stereocenters. The summed E-state index contributed by atoms with van der Waals surface area (Å²) < 4.78 is 5.07. The molecule has 25 heavy (non-hydrogen) atoms. The van der Waals surface area contributed by atoms with E-state index in [0.29, 0.717) is 36.4 Å². The Bertz CT molecular complexity index is 827. The summed E-state index contributed by atoms with van der Waals surface area (Å²) in [5.74, 6) is -0.581. The van der Waals surface area contributed by atoms with E-state index in [2.05, 4.69) is 0 Å². The zero-order valence-electron chi connectivity index (χ0n) is 13.9. The van der Waals surface area contributed by atoms with E-state index >= 15 is 0 Å². The summed E-state index contributed by atoms with van der Waals surface area (Å²) in [6.07, 6.45) is 2.38. The Hall–Kier alpha value is -3.08. The number of ether oxygens (including phenoxy) is 1. The highest BCUT2D eigenvalue weighted by atomic mass is 16.5. The third-order valence-electron chi connectivity index (χ3n) is 4.19. The average molecular weight is 337 g/mol. The molecule has 0 spiro atoms. The van der Waals surface area contributed by atoms with Gasteiger partial charge in [0.1, 0.15) is 0 Å². The number of hydrogen-bond acceptors (Lipinski definition) is 4. The van der Waals surface area contributed by atoms with Gasteiger partial charge in [0, 0.05) is 12.1 Å². The van der Waals surface area contributed by atoms with Crippen molar-refractivity contribution in [1.29, 1.82) is 0 Å². The van der Waals surface area contributed by atoms with Gasteiger partial charge < -0.3 is 14.7 Å². The van der Waals surface area contributed by atoms with Crippen LogP contribution in [0.3, 0.4) is 0 Å². The van der Waals surface area contributed by atoms with Crippen LogP contribution in [0.15, 0.2) is 54.1 Å². The highest BCUT2D eigenvalue weighted by molar-refractivity contribution is 6.45. The van der Waals surface area contributed by atoms with Crippen molar-refractivity contribution in [3.05, 3.63) is 65.2 Å². The lowest BCUT2D eigenvalue weighted by atomic mass is 10.1. The summed E-state index contributed by atoms with van der Waals surface area (Å²) in [5.41, 5.74) is 2.28. The van der Waals surface area contributed by atoms with Crippen LogP contribution in [0, 0.1) is 0 Å². The first kappa shape index (κ1) is 16.8. The van der Waals surface area contributed by atoms with Crippen LogP contribution in [0.2, 0.25) is 0 Å². The summed E-state index contributed by atoms with van der Waals surface area (Å²) in [7, 11) is 1.46. The van der Waals surface area contributed by atoms with E-state index in [0.717, 1.165) is 5.56 Å². The molecule has 1 fully saturated rings. The number of ketones is 1. The maximum atomic E-state index is 12.2. The molecule has 0 aliphatic carbocycles. The molecule has 0 aromatic heterocycles. The second kappa shape index (κ2) is 7.21. The van der Waals surface area contributed by atoms with Crippen molar-refractivity contribution in [3.8, 4) is 11.5 Å². The van der Waals surface area contributed by atoms with Crippen LogP contribution in [0.4, 0.5) is 0 Å². The third kappa shape index (κ3) is 3.71. The fourth-order valence-corrected chi connectivity index (χ4v) is 2.82. The smallest absolute Gasteiger partial charge is 0.294 e. The molecule has 128 valence electrons. The van der Waals surface area contributed by atoms with E-state index in [1.807, 2.05) is 30.3 Å². The van der Waals surface area contributed by atoms with Gasteiger partial charge in [-0.25, -0.2) is 0 Å². The number of Topliss-reactive ketones (excluding diaryl/α,β-unsaturated/α-hetero) is 1. The minimum atomic E-state index is -0.472. The van der Waals surface area contributed by atoms with Gasteiger partial charge in [0.05, 0.1) is 13.7 Å². The number of hydrogen-bond donors (Lipinski definition) is 1. The van der Waals surface area contributed by atoms with Crippen molar-refractivity contribution in [2.75, 3.05) is 20.2 Å². The van der Waals surface area contributed by atoms with Crippen molar-refractivity contribution in [1.82, 2.24) is 4.90 Å². The molecule has 0 saturated carbocycles. The molecule has 5 nitrogen and oxygen atoms in total. The number of amides is 1. The lowest BCUT2D eigenvalue weighted by Crippen LogP contribution is -2.29. The van der Waals surface area contributed by atoms with E-state index in [1.54, 1.807) is 23.1 Å². The maximum absolute atomic E-state index is 12.2. The number of methoxy groups -OCH3 is 1. The van der Waals surface area contributed by atoms with Gasteiger partial charge in [0.15, 0.2) is 11.5 Å². The Morgan fingerprint density at radius 1 is 1.16 bits per heavy atom. The van der Waals surface area contributed by atoms with Gasteiger partial charge in [-0.3, -0.25) is 9.59 Å². The summed E-state index contributed by atoms with van der Waals surface area (Å²) in [6.45, 7) is 0.804. The van der Waals surface area contributed by atoms with E-state index in [4.69, 9.17) is 4.74 Å². The Morgan fingerprint density at radius 3 is 2.64 bits per heavy atom. The van der Waals surface area contributed by atoms with Crippen LogP contribution in [-0.4, -0.2) is 41.9 Å². The minimum Gasteiger partial charge on any atom is -0.504 e. The number of phenols is 1. The number of nitrogens with zero attached hydrogens (tertiary/aromatic N) is 1. The van der Waals surface area contributed by atoms with Gasteiger partial charge in [0.2, 0.25) is 5.78 Å². The summed E-state index contributed by atoms with van der Waals surface area (Å²) in [6, 6.07) is 14.7. The largest absolute Gasteiger partial charge is 0.504 e. The summed E-state index contributed by atoms with van der Waals surface area (Å²) >= 11 is 0. The van der Waals surface area contributed by atoms with Gasteiger partial charge >= 0.3 is 0 Å². The zero-order valence-corrected chi connectivity index (χ0v) is 13.9. The molecule has 1 saturated heterocycles. The van der Waals surface area contributed by atoms with E-state index in [-0.39, 0.29) is 5.75 Å². The van der Waals surface area contributed by atoms with Gasteiger partial charge in [-0.2, -0.15) is 0 Å². The molecule has 1 heterocycles. The molecule has 5 heteroatoms. The normalized spacial score (nSPS) is 15.9. The Balaban J connectivity index is 1.73. The standard InChI is InChI=1S/C20H19NO4/c1-25-18-12-15(7-8-17(18)22)11-16-13-21(20(24)19(16)23)10-9-14-5-3-2-4-6-14/h2-8,11-12,22H,9-10,13H2,1H3/b16-11-. The summed E-state index contributed by atoms with van der Waals surface area (Å²) in [4.78, 5) is 26.0. The number of benzene rings is 2. The average Bonchev–Trinajstić information content (AvgIpc) is 2.90. The van der Waals surface area contributed by atoms with Crippen LogP contribution >= 0.6 is 0 Å². The van der Waals surface area contributed by atoms with Crippen LogP contribution in [0.5, 0.6) is 11.5 Å². The van der Waals surface area contributed by atoms with Gasteiger partial charge in [-0.05, 0) is 35.8 Å². The first-order chi connectivity index (χ1) is 12.1. The molecule has 1 aliphatic rings. The van der Waals surface area contributed by atoms with E-state index < -0.39 is 11.7 Å². The molecule has 1 amide bonds. The highest BCUT2D eigenvalue weighted by Crippen LogP contribution is 2.28. The molecule has 1 aliphatic heterocycles. The molecule has 0 unspecified atom stereocenters. The molecule has 2 aromatic carbocycles. The van der Waals surface area contributed by atoms with Crippen molar-refractivity contribution in [2.24, 2.45) is 0 Å². The predicted octanol–water partition coefficient (Wildman–Crippen LogP) is 2.44. The highest BCUT2D eigenvalue weighted by Gasteiger charge is 2.33. The fourth-order valence-electron chi connectivity index (χ4n) is 2.82. The Labute approximate surface area is 146 Å². The monoisotopic (exact) mass is 337 g/mol. The minimum absolute atomic E-state index is 0.0305. The third-order valence-corrected chi connectivity index (χ3v) is 4.19. The molecule has 2 aromatic rings. The number of phenolic OH excluding ortho intramolecular Hbond substituents is 1. The maximum Gasteiger partial charge on any atom is 0.294 e. The van der Waals surface area contributed by atoms with Crippen LogP contribution in [0.25, 0.3) is 6.08 Å². The van der Waals surface area contributed by atoms with Crippen molar-refractivity contribution in [2.45, 2.75) is 6.42 Å². The molecule has 0 bridgehead atoms. The number of carbonyl (C=O) groups is 2. The van der Waals surface area contributed by atoms with Crippen molar-refractivity contribution in [3.63, 3.8) is 0 Å². The van der Waals surface area contributed by atoms with E-state index in [9.17, 15) is 14.7 Å². The van der Waals surface area contributed by atoms with Crippen LogP contribution in [0.1, 0.15) is 11.1 Å². The Morgan fingerprint density at radius 2 is 1.92 bits per heavy atom. The van der Waals surface area contributed by atoms with Gasteiger partial charge in [-0.15, -0.1) is 0 Å². The first-order valence-electron chi connectivity index (χ1n) is 8.03. The molecule has 0 radical (unpaired) electrons. The second-order valence-corrected chi connectivity index (χ2v) is 5.89. The number of likely N-dealkylation sites (tertiary alicyclic amines) is 1. The first-order valence-corrected chi connectivity index (χ1v) is 8.03. The number of carbonyl (C=O) groups excluding carboxylic acids is 2. The van der Waals surface area contributed by atoms with Crippen LogP contribution < -0.4 is 4.74 Å². The van der Waals surface area contributed by atoms with Crippen molar-refractivity contribution >= 4 is 17.8 Å². The molecule has 3 rings (SSSR count). The Kier molecular flexibility index (Phi) is 4.84. The van der Waals surface area contributed by atoms with Gasteiger partial charge in [-0.1, -0.05) is 36.4 Å². The number of rotatable bonds is 5. The lowest BCUT2D eigenvalue weighted by molar-refractivity contribution is -0.139. The quantitative estimate of drug-likeness (QED) is 0.672. The van der Waals surface area contributed by atoms with Crippen LogP contribution in [-0.2, 0) is 16.0 Å². The van der Waals surface area contributed by atoms with E-state index in [1.165, 1.54) is 13.2 Å². The molecular formula is C20H19NO4. The number of aromatic hydroxyl groups is 1. The van der Waals surface area contributed by atoms with Crippen molar-refractivity contribution < 1.29 is 19.4 Å². The lowest BCUT2D eigenvalue weighted by Gasteiger charge is -2.13. The van der Waals surface area contributed by atoms with Gasteiger partial charge in [0.25, 0.3) is 5.91 Å². The molecular weight excluding hydrogens is 318 g/mol. The second-order valence-electron chi connectivity index (χ2n) is 5.89. The topological polar surface area (TPSA) is 66.8 Å². The summed E-state index contributed by atoms with van der Waals surface area (Å²) in [5, 5.41) is 9.64.